The average molecular weight is 265 g/mol. The molecule has 2 heterocycles. The Kier molecular flexibility index (Phi) is 2.86. The molecule has 0 fully saturated rings. The smallest absolute Gasteiger partial charge is 0.152 e. The fourth-order valence-corrected chi connectivity index (χ4v) is 2.42. The molecule has 0 saturated heterocycles. The van der Waals surface area contributed by atoms with Gasteiger partial charge in [-0.15, -0.1) is 0 Å². The maximum Gasteiger partial charge on any atom is 0.152 e. The molecule has 0 aliphatic heterocycles. The van der Waals surface area contributed by atoms with Crippen LogP contribution in [0.3, 0.4) is 0 Å². The zero-order valence-electron chi connectivity index (χ0n) is 11.7. The Morgan fingerprint density at radius 2 is 1.80 bits per heavy atom. The summed E-state index contributed by atoms with van der Waals surface area (Å²) in [4.78, 5) is 20.3. The second-order valence-electron chi connectivity index (χ2n) is 5.00. The Bertz CT molecular complexity index is 801. The summed E-state index contributed by atoms with van der Waals surface area (Å²) in [5, 5.41) is 0.817. The van der Waals surface area contributed by atoms with Gasteiger partial charge in [0.15, 0.2) is 6.29 Å². The van der Waals surface area contributed by atoms with Gasteiger partial charge in [-0.2, -0.15) is 0 Å². The number of carbonyl (C=O) groups is 1. The molecule has 3 aromatic rings. The molecule has 0 saturated carbocycles. The SMILES string of the molecule is Cc1ccc(-c2nc(C)nc3c2c(C=O)cn3C)cc1. The maximum atomic E-state index is 11.3. The second kappa shape index (κ2) is 4.56. The highest BCUT2D eigenvalue weighted by Crippen LogP contribution is 2.29. The van der Waals surface area contributed by atoms with Gasteiger partial charge >= 0.3 is 0 Å². The van der Waals surface area contributed by atoms with E-state index in [-0.39, 0.29) is 0 Å². The third-order valence-electron chi connectivity index (χ3n) is 3.41. The van der Waals surface area contributed by atoms with Crippen molar-refractivity contribution in [2.45, 2.75) is 13.8 Å². The minimum Gasteiger partial charge on any atom is -0.335 e. The lowest BCUT2D eigenvalue weighted by Gasteiger charge is -2.06. The summed E-state index contributed by atoms with van der Waals surface area (Å²) < 4.78 is 1.87. The first-order chi connectivity index (χ1) is 9.60. The van der Waals surface area contributed by atoms with E-state index in [1.165, 1.54) is 5.56 Å². The molecule has 0 radical (unpaired) electrons. The van der Waals surface area contributed by atoms with Gasteiger partial charge in [-0.25, -0.2) is 9.97 Å². The van der Waals surface area contributed by atoms with Crippen LogP contribution in [0.15, 0.2) is 30.5 Å². The van der Waals surface area contributed by atoms with Crippen molar-refractivity contribution in [1.82, 2.24) is 14.5 Å². The largest absolute Gasteiger partial charge is 0.335 e. The topological polar surface area (TPSA) is 47.8 Å². The molecule has 0 aliphatic carbocycles. The Balaban J connectivity index is 2.39. The molecule has 0 atom stereocenters. The van der Waals surface area contributed by atoms with Gasteiger partial charge in [-0.1, -0.05) is 29.8 Å². The molecule has 1 aromatic carbocycles. The van der Waals surface area contributed by atoms with Gasteiger partial charge in [-0.05, 0) is 13.8 Å². The van der Waals surface area contributed by atoms with E-state index in [1.54, 1.807) is 6.20 Å². The van der Waals surface area contributed by atoms with E-state index in [9.17, 15) is 4.79 Å². The number of benzene rings is 1. The Morgan fingerprint density at radius 3 is 2.45 bits per heavy atom. The van der Waals surface area contributed by atoms with Gasteiger partial charge in [0.05, 0.1) is 11.1 Å². The van der Waals surface area contributed by atoms with E-state index in [0.29, 0.717) is 11.4 Å². The highest BCUT2D eigenvalue weighted by molar-refractivity contribution is 6.03. The van der Waals surface area contributed by atoms with Crippen LogP contribution in [-0.4, -0.2) is 20.8 Å². The molecular weight excluding hydrogens is 250 g/mol. The van der Waals surface area contributed by atoms with Crippen molar-refractivity contribution in [3.8, 4) is 11.3 Å². The van der Waals surface area contributed by atoms with Gasteiger partial charge in [0, 0.05) is 24.4 Å². The van der Waals surface area contributed by atoms with Crippen LogP contribution >= 0.6 is 0 Å². The number of hydrogen-bond acceptors (Lipinski definition) is 3. The summed E-state index contributed by atoms with van der Waals surface area (Å²) in [6.07, 6.45) is 2.65. The minimum atomic E-state index is 0.623. The predicted molar refractivity (Wildman–Crippen MR) is 78.8 cm³/mol. The maximum absolute atomic E-state index is 11.3. The van der Waals surface area contributed by atoms with Crippen LogP contribution in [0.25, 0.3) is 22.3 Å². The van der Waals surface area contributed by atoms with Gasteiger partial charge in [0.1, 0.15) is 11.5 Å². The van der Waals surface area contributed by atoms with Crippen LogP contribution in [-0.2, 0) is 7.05 Å². The molecule has 0 aliphatic rings. The lowest BCUT2D eigenvalue weighted by molar-refractivity contribution is 0.112. The fraction of sp³-hybridized carbons (Fsp3) is 0.188. The van der Waals surface area contributed by atoms with Crippen LogP contribution in [0.4, 0.5) is 0 Å². The Morgan fingerprint density at radius 1 is 1.10 bits per heavy atom. The van der Waals surface area contributed by atoms with Crippen molar-refractivity contribution in [2.75, 3.05) is 0 Å². The second-order valence-corrected chi connectivity index (χ2v) is 5.00. The first-order valence-corrected chi connectivity index (χ1v) is 6.46. The summed E-state index contributed by atoms with van der Waals surface area (Å²) in [6.45, 7) is 3.91. The molecule has 0 spiro atoms. The van der Waals surface area contributed by atoms with E-state index in [0.717, 1.165) is 28.6 Å². The van der Waals surface area contributed by atoms with Crippen molar-refractivity contribution in [3.05, 3.63) is 47.4 Å². The van der Waals surface area contributed by atoms with E-state index < -0.39 is 0 Å². The molecule has 0 N–H and O–H groups in total. The summed E-state index contributed by atoms with van der Waals surface area (Å²) in [6, 6.07) is 8.14. The molecular formula is C16H15N3O. The van der Waals surface area contributed by atoms with E-state index >= 15 is 0 Å². The van der Waals surface area contributed by atoms with E-state index in [4.69, 9.17) is 0 Å². The zero-order valence-corrected chi connectivity index (χ0v) is 11.7. The predicted octanol–water partition coefficient (Wildman–Crippen LogP) is 3.06. The quantitative estimate of drug-likeness (QED) is 0.669. The molecule has 0 amide bonds. The third-order valence-corrected chi connectivity index (χ3v) is 3.41. The van der Waals surface area contributed by atoms with Crippen LogP contribution in [0.1, 0.15) is 21.7 Å². The highest BCUT2D eigenvalue weighted by atomic mass is 16.1. The Hall–Kier alpha value is -2.49. The molecule has 2 aromatic heterocycles. The van der Waals surface area contributed by atoms with Crippen molar-refractivity contribution in [3.63, 3.8) is 0 Å². The normalized spacial score (nSPS) is 10.9. The monoisotopic (exact) mass is 265 g/mol. The molecule has 20 heavy (non-hydrogen) atoms. The number of fused-ring (bicyclic) bond motifs is 1. The van der Waals surface area contributed by atoms with Crippen molar-refractivity contribution in [1.29, 1.82) is 0 Å². The van der Waals surface area contributed by atoms with Crippen molar-refractivity contribution < 1.29 is 4.79 Å². The third kappa shape index (κ3) is 1.90. The highest BCUT2D eigenvalue weighted by Gasteiger charge is 2.15. The molecule has 0 bridgehead atoms. The number of nitrogens with zero attached hydrogens (tertiary/aromatic N) is 3. The first-order valence-electron chi connectivity index (χ1n) is 6.46. The van der Waals surface area contributed by atoms with Crippen LogP contribution in [0.5, 0.6) is 0 Å². The number of aromatic nitrogens is 3. The summed E-state index contributed by atoms with van der Waals surface area (Å²) in [5.41, 5.74) is 4.42. The average Bonchev–Trinajstić information content (AvgIpc) is 2.76. The van der Waals surface area contributed by atoms with Crippen LogP contribution < -0.4 is 0 Å². The first kappa shape index (κ1) is 12.5. The van der Waals surface area contributed by atoms with Gasteiger partial charge in [0.25, 0.3) is 0 Å². The summed E-state index contributed by atoms with van der Waals surface area (Å²) in [5.74, 6) is 0.701. The molecule has 4 nitrogen and oxygen atoms in total. The van der Waals surface area contributed by atoms with Crippen molar-refractivity contribution >= 4 is 17.3 Å². The van der Waals surface area contributed by atoms with Crippen molar-refractivity contribution in [2.24, 2.45) is 7.05 Å². The van der Waals surface area contributed by atoms with E-state index in [2.05, 4.69) is 9.97 Å². The zero-order chi connectivity index (χ0) is 14.3. The van der Waals surface area contributed by atoms with Gasteiger partial charge < -0.3 is 4.57 Å². The van der Waals surface area contributed by atoms with Crippen LogP contribution in [0.2, 0.25) is 0 Å². The summed E-state index contributed by atoms with van der Waals surface area (Å²) >= 11 is 0. The lowest BCUT2D eigenvalue weighted by Crippen LogP contribution is -1.96. The minimum absolute atomic E-state index is 0.623. The fourth-order valence-electron chi connectivity index (χ4n) is 2.42. The van der Waals surface area contributed by atoms with Crippen LogP contribution in [0, 0.1) is 13.8 Å². The Labute approximate surface area is 117 Å². The molecule has 0 unspecified atom stereocenters. The number of rotatable bonds is 2. The number of aryl methyl sites for hydroxylation is 3. The lowest BCUT2D eigenvalue weighted by atomic mass is 10.1. The molecule has 4 heteroatoms. The number of carbonyl (C=O) groups excluding carboxylic acids is 1. The van der Waals surface area contributed by atoms with Gasteiger partial charge in [0.2, 0.25) is 0 Å². The van der Waals surface area contributed by atoms with E-state index in [1.807, 2.05) is 49.7 Å². The number of aldehydes is 1. The number of hydrogen-bond donors (Lipinski definition) is 0. The molecule has 100 valence electrons. The molecule has 3 rings (SSSR count). The standard InChI is InChI=1S/C16H15N3O/c1-10-4-6-12(7-5-10)15-14-13(9-20)8-19(3)16(14)18-11(2)17-15/h4-9H,1-3H3. The summed E-state index contributed by atoms with van der Waals surface area (Å²) in [7, 11) is 1.89. The van der Waals surface area contributed by atoms with Gasteiger partial charge in [-0.3, -0.25) is 4.79 Å².